The Balaban J connectivity index is 2.88. The zero-order valence-corrected chi connectivity index (χ0v) is 10.4. The van der Waals surface area contributed by atoms with Crippen molar-refractivity contribution >= 4 is 15.7 Å². The first kappa shape index (κ1) is 12.7. The van der Waals surface area contributed by atoms with E-state index in [0.29, 0.717) is 11.1 Å². The lowest BCUT2D eigenvalue weighted by molar-refractivity contribution is 0.0827. The summed E-state index contributed by atoms with van der Waals surface area (Å²) in [5, 5.41) is 0. The fraction of sp³-hybridized carbons (Fsp3) is 0.364. The summed E-state index contributed by atoms with van der Waals surface area (Å²) in [7, 11) is 0.325. The minimum atomic E-state index is -3.02. The molecule has 0 aliphatic rings. The summed E-state index contributed by atoms with van der Waals surface area (Å²) in [6.07, 6.45) is 1.19. The molecule has 0 fully saturated rings. The van der Waals surface area contributed by atoms with Crippen LogP contribution in [0, 0.1) is 0 Å². The lowest BCUT2D eigenvalue weighted by Gasteiger charge is -2.10. The van der Waals surface area contributed by atoms with Crippen LogP contribution in [-0.4, -0.2) is 39.6 Å². The van der Waals surface area contributed by atoms with Crippen molar-refractivity contribution in [2.24, 2.45) is 0 Å². The van der Waals surface area contributed by atoms with Crippen LogP contribution in [0.3, 0.4) is 0 Å². The first-order valence-corrected chi connectivity index (χ1v) is 6.84. The quantitative estimate of drug-likeness (QED) is 0.791. The van der Waals surface area contributed by atoms with Crippen LogP contribution in [0.25, 0.3) is 0 Å². The van der Waals surface area contributed by atoms with Gasteiger partial charge in [0.15, 0.2) is 9.84 Å². The van der Waals surface area contributed by atoms with E-state index in [1.807, 2.05) is 0 Å². The van der Waals surface area contributed by atoms with E-state index in [2.05, 4.69) is 0 Å². The summed E-state index contributed by atoms with van der Waals surface area (Å²) >= 11 is 0. The number of nitrogens with zero attached hydrogens (tertiary/aromatic N) is 1. The number of carbonyl (C=O) groups is 1. The van der Waals surface area contributed by atoms with Crippen molar-refractivity contribution in [3.63, 3.8) is 0 Å². The van der Waals surface area contributed by atoms with Crippen LogP contribution < -0.4 is 0 Å². The Hall–Kier alpha value is -1.36. The SMILES string of the molecule is CN(C)C(=O)c1ccc(CS(C)(=O)=O)cc1. The van der Waals surface area contributed by atoms with Gasteiger partial charge in [-0.05, 0) is 17.7 Å². The third kappa shape index (κ3) is 3.66. The molecule has 0 atom stereocenters. The molecular formula is C11H15NO3S. The zero-order valence-electron chi connectivity index (χ0n) is 9.60. The van der Waals surface area contributed by atoms with Gasteiger partial charge in [-0.2, -0.15) is 0 Å². The number of rotatable bonds is 3. The van der Waals surface area contributed by atoms with Crippen LogP contribution in [-0.2, 0) is 15.6 Å². The Morgan fingerprint density at radius 1 is 1.19 bits per heavy atom. The van der Waals surface area contributed by atoms with Crippen molar-refractivity contribution in [1.82, 2.24) is 4.90 Å². The summed E-state index contributed by atoms with van der Waals surface area (Å²) < 4.78 is 22.1. The van der Waals surface area contributed by atoms with E-state index in [4.69, 9.17) is 0 Å². The van der Waals surface area contributed by atoms with Gasteiger partial charge in [0.2, 0.25) is 0 Å². The topological polar surface area (TPSA) is 54.5 Å². The molecule has 0 saturated carbocycles. The molecule has 1 aromatic carbocycles. The normalized spacial score (nSPS) is 11.2. The number of hydrogen-bond donors (Lipinski definition) is 0. The Morgan fingerprint density at radius 2 is 1.69 bits per heavy atom. The lowest BCUT2D eigenvalue weighted by atomic mass is 10.1. The molecule has 0 spiro atoms. The van der Waals surface area contributed by atoms with Crippen LogP contribution in [0.1, 0.15) is 15.9 Å². The van der Waals surface area contributed by atoms with E-state index in [1.165, 1.54) is 11.2 Å². The van der Waals surface area contributed by atoms with E-state index in [1.54, 1.807) is 38.4 Å². The lowest BCUT2D eigenvalue weighted by Crippen LogP contribution is -2.21. The summed E-state index contributed by atoms with van der Waals surface area (Å²) in [5.41, 5.74) is 1.25. The minimum absolute atomic E-state index is 0.00341. The van der Waals surface area contributed by atoms with Crippen molar-refractivity contribution in [3.05, 3.63) is 35.4 Å². The third-order valence-corrected chi connectivity index (χ3v) is 2.89. The summed E-state index contributed by atoms with van der Waals surface area (Å²) in [6.45, 7) is 0. The van der Waals surface area contributed by atoms with Crippen molar-refractivity contribution in [1.29, 1.82) is 0 Å². The largest absolute Gasteiger partial charge is 0.345 e. The van der Waals surface area contributed by atoms with Crippen LogP contribution >= 0.6 is 0 Å². The van der Waals surface area contributed by atoms with Crippen LogP contribution in [0.15, 0.2) is 24.3 Å². The smallest absolute Gasteiger partial charge is 0.253 e. The third-order valence-electron chi connectivity index (χ3n) is 2.04. The monoisotopic (exact) mass is 241 g/mol. The van der Waals surface area contributed by atoms with Gasteiger partial charge in [-0.3, -0.25) is 4.79 Å². The summed E-state index contributed by atoms with van der Waals surface area (Å²) in [5.74, 6) is -0.0883. The van der Waals surface area contributed by atoms with Gasteiger partial charge in [0.25, 0.3) is 5.91 Å². The van der Waals surface area contributed by atoms with Gasteiger partial charge in [0.05, 0.1) is 5.75 Å². The molecule has 0 radical (unpaired) electrons. The molecule has 0 aliphatic carbocycles. The molecule has 0 bridgehead atoms. The van der Waals surface area contributed by atoms with E-state index in [0.717, 1.165) is 0 Å². The number of sulfone groups is 1. The molecule has 0 aliphatic heterocycles. The molecule has 1 rings (SSSR count). The Labute approximate surface area is 95.8 Å². The highest BCUT2D eigenvalue weighted by Gasteiger charge is 2.09. The maximum atomic E-state index is 11.5. The summed E-state index contributed by atoms with van der Waals surface area (Å²) in [6, 6.07) is 6.61. The van der Waals surface area contributed by atoms with Gasteiger partial charge in [0.1, 0.15) is 0 Å². The minimum Gasteiger partial charge on any atom is -0.345 e. The van der Waals surface area contributed by atoms with Gasteiger partial charge in [-0.15, -0.1) is 0 Å². The second-order valence-electron chi connectivity index (χ2n) is 3.97. The fourth-order valence-electron chi connectivity index (χ4n) is 1.30. The average Bonchev–Trinajstić information content (AvgIpc) is 2.15. The molecule has 0 unspecified atom stereocenters. The van der Waals surface area contributed by atoms with Gasteiger partial charge in [-0.1, -0.05) is 12.1 Å². The van der Waals surface area contributed by atoms with Crippen molar-refractivity contribution < 1.29 is 13.2 Å². The van der Waals surface area contributed by atoms with E-state index in [9.17, 15) is 13.2 Å². The van der Waals surface area contributed by atoms with Crippen LogP contribution in [0.2, 0.25) is 0 Å². The zero-order chi connectivity index (χ0) is 12.3. The Bertz CT molecular complexity index is 474. The Kier molecular flexibility index (Phi) is 3.70. The second kappa shape index (κ2) is 4.65. The molecule has 16 heavy (non-hydrogen) atoms. The average molecular weight is 241 g/mol. The molecule has 0 heterocycles. The number of benzene rings is 1. The maximum Gasteiger partial charge on any atom is 0.253 e. The molecule has 4 nitrogen and oxygen atoms in total. The highest BCUT2D eigenvalue weighted by molar-refractivity contribution is 7.89. The predicted molar refractivity (Wildman–Crippen MR) is 63.0 cm³/mol. The van der Waals surface area contributed by atoms with Crippen LogP contribution in [0.5, 0.6) is 0 Å². The molecule has 0 saturated heterocycles. The van der Waals surface area contributed by atoms with E-state index >= 15 is 0 Å². The maximum absolute atomic E-state index is 11.5. The number of hydrogen-bond acceptors (Lipinski definition) is 3. The molecular weight excluding hydrogens is 226 g/mol. The first-order chi connectivity index (χ1) is 7.29. The van der Waals surface area contributed by atoms with Gasteiger partial charge >= 0.3 is 0 Å². The van der Waals surface area contributed by atoms with E-state index < -0.39 is 9.84 Å². The molecule has 1 amide bonds. The number of carbonyl (C=O) groups excluding carboxylic acids is 1. The Morgan fingerprint density at radius 3 is 2.06 bits per heavy atom. The summed E-state index contributed by atoms with van der Waals surface area (Å²) in [4.78, 5) is 13.0. The van der Waals surface area contributed by atoms with E-state index in [-0.39, 0.29) is 11.7 Å². The predicted octanol–water partition coefficient (Wildman–Crippen LogP) is 0.933. The van der Waals surface area contributed by atoms with Crippen molar-refractivity contribution in [2.75, 3.05) is 20.4 Å². The number of amides is 1. The molecule has 0 aromatic heterocycles. The van der Waals surface area contributed by atoms with Gasteiger partial charge in [0, 0.05) is 25.9 Å². The van der Waals surface area contributed by atoms with Crippen molar-refractivity contribution in [3.8, 4) is 0 Å². The first-order valence-electron chi connectivity index (χ1n) is 4.78. The molecule has 0 N–H and O–H groups in total. The van der Waals surface area contributed by atoms with Gasteiger partial charge in [-0.25, -0.2) is 8.42 Å². The van der Waals surface area contributed by atoms with Crippen LogP contribution in [0.4, 0.5) is 0 Å². The molecule has 5 heteroatoms. The fourth-order valence-corrected chi connectivity index (χ4v) is 2.10. The highest BCUT2D eigenvalue weighted by Crippen LogP contribution is 2.09. The molecule has 1 aromatic rings. The van der Waals surface area contributed by atoms with Crippen molar-refractivity contribution in [2.45, 2.75) is 5.75 Å². The standard InChI is InChI=1S/C11H15NO3S/c1-12(2)11(13)10-6-4-9(5-7-10)8-16(3,14)15/h4-7H,8H2,1-3H3. The highest BCUT2D eigenvalue weighted by atomic mass is 32.2. The van der Waals surface area contributed by atoms with Gasteiger partial charge < -0.3 is 4.90 Å². The second-order valence-corrected chi connectivity index (χ2v) is 6.11. The molecule has 88 valence electrons.